The van der Waals surface area contributed by atoms with Gasteiger partial charge in [-0.2, -0.15) is 5.10 Å². The van der Waals surface area contributed by atoms with Gasteiger partial charge in [0.15, 0.2) is 0 Å². The van der Waals surface area contributed by atoms with Crippen molar-refractivity contribution in [2.45, 2.75) is 13.8 Å². The summed E-state index contributed by atoms with van der Waals surface area (Å²) in [4.78, 5) is 8.53. The van der Waals surface area contributed by atoms with Crippen molar-refractivity contribution in [3.8, 4) is 22.7 Å². The molecule has 0 fully saturated rings. The minimum absolute atomic E-state index is 0.783. The van der Waals surface area contributed by atoms with Crippen LogP contribution < -0.4 is 4.74 Å². The summed E-state index contributed by atoms with van der Waals surface area (Å²) >= 11 is 0. The van der Waals surface area contributed by atoms with Crippen LogP contribution in [0.1, 0.15) is 11.4 Å². The summed E-state index contributed by atoms with van der Waals surface area (Å²) in [7, 11) is 1.66. The molecular weight excluding hydrogens is 264 g/mol. The van der Waals surface area contributed by atoms with Crippen LogP contribution in [0.25, 0.3) is 16.9 Å². The Labute approximate surface area is 123 Å². The third-order valence-corrected chi connectivity index (χ3v) is 3.28. The molecule has 0 bridgehead atoms. The van der Waals surface area contributed by atoms with E-state index < -0.39 is 0 Å². The summed E-state index contributed by atoms with van der Waals surface area (Å²) in [6, 6.07) is 7.90. The fourth-order valence-corrected chi connectivity index (χ4v) is 2.34. The summed E-state index contributed by atoms with van der Waals surface area (Å²) in [6.45, 7) is 4.01. The van der Waals surface area contributed by atoms with Gasteiger partial charge in [-0.25, -0.2) is 4.68 Å². The van der Waals surface area contributed by atoms with Crippen LogP contribution in [0.3, 0.4) is 0 Å². The molecule has 2 heterocycles. The minimum Gasteiger partial charge on any atom is -0.497 e. The van der Waals surface area contributed by atoms with Gasteiger partial charge in [-0.3, -0.25) is 9.97 Å². The van der Waals surface area contributed by atoms with Gasteiger partial charge in [-0.1, -0.05) is 0 Å². The van der Waals surface area contributed by atoms with Crippen molar-refractivity contribution >= 4 is 0 Å². The molecule has 3 rings (SSSR count). The highest BCUT2D eigenvalue weighted by Crippen LogP contribution is 2.29. The second kappa shape index (κ2) is 5.36. The van der Waals surface area contributed by atoms with Crippen molar-refractivity contribution in [1.82, 2.24) is 19.7 Å². The molecule has 0 aliphatic carbocycles. The molecule has 0 N–H and O–H groups in total. The van der Waals surface area contributed by atoms with Crippen LogP contribution in [0.15, 0.2) is 42.9 Å². The number of hydrogen-bond donors (Lipinski definition) is 0. The van der Waals surface area contributed by atoms with E-state index in [0.717, 1.165) is 34.1 Å². The second-order valence-electron chi connectivity index (χ2n) is 4.81. The van der Waals surface area contributed by atoms with Gasteiger partial charge in [-0.05, 0) is 32.0 Å². The highest BCUT2D eigenvalue weighted by atomic mass is 16.5. The molecule has 3 aromatic rings. The second-order valence-corrected chi connectivity index (χ2v) is 4.81. The van der Waals surface area contributed by atoms with Gasteiger partial charge < -0.3 is 4.74 Å². The van der Waals surface area contributed by atoms with E-state index in [1.807, 2.05) is 42.8 Å². The van der Waals surface area contributed by atoms with E-state index in [1.165, 1.54) is 0 Å². The molecule has 5 nitrogen and oxygen atoms in total. The van der Waals surface area contributed by atoms with E-state index in [4.69, 9.17) is 4.74 Å². The topological polar surface area (TPSA) is 52.8 Å². The van der Waals surface area contributed by atoms with Crippen LogP contribution in [0, 0.1) is 13.8 Å². The number of methoxy groups -OCH3 is 1. The maximum absolute atomic E-state index is 5.34. The molecule has 0 unspecified atom stereocenters. The minimum atomic E-state index is 0.783. The zero-order valence-electron chi connectivity index (χ0n) is 12.2. The summed E-state index contributed by atoms with van der Waals surface area (Å²) in [5.74, 6) is 0.783. The fraction of sp³-hybridized carbons (Fsp3) is 0.188. The third-order valence-electron chi connectivity index (χ3n) is 3.28. The predicted octanol–water partition coefficient (Wildman–Crippen LogP) is 2.95. The van der Waals surface area contributed by atoms with Gasteiger partial charge in [0, 0.05) is 29.7 Å². The zero-order valence-corrected chi connectivity index (χ0v) is 12.2. The summed E-state index contributed by atoms with van der Waals surface area (Å²) in [5, 5.41) is 4.55. The lowest BCUT2D eigenvalue weighted by Gasteiger charge is -2.12. The standard InChI is InChI=1S/C16H16N4O/c1-11-8-12(2)20(19-11)16-9-13(21-3)4-5-14(16)15-10-17-6-7-18-15/h4-10H,1-3H3. The normalized spacial score (nSPS) is 10.6. The molecule has 0 atom stereocenters. The molecule has 2 aromatic heterocycles. The van der Waals surface area contributed by atoms with E-state index in [9.17, 15) is 0 Å². The first kappa shape index (κ1) is 13.3. The first-order chi connectivity index (χ1) is 10.2. The van der Waals surface area contributed by atoms with Gasteiger partial charge in [0.25, 0.3) is 0 Å². The van der Waals surface area contributed by atoms with Crippen molar-refractivity contribution in [3.05, 3.63) is 54.2 Å². The lowest BCUT2D eigenvalue weighted by Crippen LogP contribution is -2.03. The van der Waals surface area contributed by atoms with Crippen molar-refractivity contribution in [2.24, 2.45) is 0 Å². The smallest absolute Gasteiger partial charge is 0.121 e. The first-order valence-corrected chi connectivity index (χ1v) is 6.67. The van der Waals surface area contributed by atoms with Gasteiger partial charge >= 0.3 is 0 Å². The molecule has 0 aliphatic rings. The maximum Gasteiger partial charge on any atom is 0.121 e. The average molecular weight is 280 g/mol. The maximum atomic E-state index is 5.34. The van der Waals surface area contributed by atoms with Gasteiger partial charge in [0.05, 0.1) is 30.4 Å². The summed E-state index contributed by atoms with van der Waals surface area (Å²) in [5.41, 5.74) is 4.74. The van der Waals surface area contributed by atoms with E-state index in [1.54, 1.807) is 25.7 Å². The number of aromatic nitrogens is 4. The number of nitrogens with zero attached hydrogens (tertiary/aromatic N) is 4. The molecule has 0 aliphatic heterocycles. The van der Waals surface area contributed by atoms with Crippen LogP contribution >= 0.6 is 0 Å². The Morgan fingerprint density at radius 3 is 2.57 bits per heavy atom. The van der Waals surface area contributed by atoms with E-state index in [0.29, 0.717) is 0 Å². The van der Waals surface area contributed by atoms with Gasteiger partial charge in [0.1, 0.15) is 5.75 Å². The monoisotopic (exact) mass is 280 g/mol. The molecular formula is C16H16N4O. The van der Waals surface area contributed by atoms with Crippen molar-refractivity contribution < 1.29 is 4.74 Å². The largest absolute Gasteiger partial charge is 0.497 e. The van der Waals surface area contributed by atoms with Crippen molar-refractivity contribution in [2.75, 3.05) is 7.11 Å². The molecule has 5 heteroatoms. The molecule has 0 amide bonds. The first-order valence-electron chi connectivity index (χ1n) is 6.67. The van der Waals surface area contributed by atoms with Crippen LogP contribution in [-0.4, -0.2) is 26.9 Å². The SMILES string of the molecule is COc1ccc(-c2cnccn2)c(-n2nc(C)cc2C)c1. The van der Waals surface area contributed by atoms with Gasteiger partial charge in [-0.15, -0.1) is 0 Å². The Bertz CT molecular complexity index is 765. The van der Waals surface area contributed by atoms with Crippen molar-refractivity contribution in [3.63, 3.8) is 0 Å². The van der Waals surface area contributed by atoms with E-state index in [-0.39, 0.29) is 0 Å². The fourth-order valence-electron chi connectivity index (χ4n) is 2.34. The molecule has 1 aromatic carbocycles. The predicted molar refractivity (Wildman–Crippen MR) is 80.6 cm³/mol. The number of aryl methyl sites for hydroxylation is 2. The molecule has 0 saturated heterocycles. The summed E-state index contributed by atoms with van der Waals surface area (Å²) in [6.07, 6.45) is 5.09. The van der Waals surface area contributed by atoms with Crippen LogP contribution in [0.2, 0.25) is 0 Å². The van der Waals surface area contributed by atoms with Crippen LogP contribution in [-0.2, 0) is 0 Å². The number of ether oxygens (including phenoxy) is 1. The lowest BCUT2D eigenvalue weighted by molar-refractivity contribution is 0.414. The molecule has 0 saturated carbocycles. The average Bonchev–Trinajstić information content (AvgIpc) is 2.86. The number of rotatable bonds is 3. The third kappa shape index (κ3) is 2.50. The quantitative estimate of drug-likeness (QED) is 0.740. The Kier molecular flexibility index (Phi) is 3.39. The Hall–Kier alpha value is -2.69. The molecule has 21 heavy (non-hydrogen) atoms. The molecule has 0 radical (unpaired) electrons. The Morgan fingerprint density at radius 2 is 1.95 bits per heavy atom. The molecule has 0 spiro atoms. The van der Waals surface area contributed by atoms with E-state index >= 15 is 0 Å². The summed E-state index contributed by atoms with van der Waals surface area (Å²) < 4.78 is 7.24. The Morgan fingerprint density at radius 1 is 1.10 bits per heavy atom. The van der Waals surface area contributed by atoms with Crippen LogP contribution in [0.5, 0.6) is 5.75 Å². The number of hydrogen-bond acceptors (Lipinski definition) is 4. The van der Waals surface area contributed by atoms with Crippen molar-refractivity contribution in [1.29, 1.82) is 0 Å². The van der Waals surface area contributed by atoms with Crippen LogP contribution in [0.4, 0.5) is 0 Å². The zero-order chi connectivity index (χ0) is 14.8. The molecule has 106 valence electrons. The number of benzene rings is 1. The Balaban J connectivity index is 2.24. The van der Waals surface area contributed by atoms with Gasteiger partial charge in [0.2, 0.25) is 0 Å². The lowest BCUT2D eigenvalue weighted by atomic mass is 10.1. The van der Waals surface area contributed by atoms with E-state index in [2.05, 4.69) is 15.1 Å². The highest BCUT2D eigenvalue weighted by Gasteiger charge is 2.13. The highest BCUT2D eigenvalue weighted by molar-refractivity contribution is 5.71.